The van der Waals surface area contributed by atoms with Gasteiger partial charge in [0, 0.05) is 5.75 Å². The van der Waals surface area contributed by atoms with E-state index < -0.39 is 35.9 Å². The number of carbonyl (C=O) groups is 3. The van der Waals surface area contributed by atoms with Crippen molar-refractivity contribution in [2.45, 2.75) is 38.4 Å². The smallest absolute Gasteiger partial charge is 0.326 e. The predicted octanol–water partition coefficient (Wildman–Crippen LogP) is -0.293. The molecule has 128 valence electrons. The lowest BCUT2D eigenvalue weighted by atomic mass is 10.0. The molecule has 9 heteroatoms. The molecule has 0 saturated heterocycles. The van der Waals surface area contributed by atoms with Gasteiger partial charge in [0.2, 0.25) is 11.8 Å². The van der Waals surface area contributed by atoms with Crippen molar-refractivity contribution in [3.8, 4) is 0 Å². The number of rotatable bonds is 10. The number of thiol groups is 1. The molecule has 0 radical (unpaired) electrons. The van der Waals surface area contributed by atoms with Gasteiger partial charge in [0.1, 0.15) is 12.1 Å². The lowest BCUT2D eigenvalue weighted by Crippen LogP contribution is -2.55. The molecule has 7 nitrogen and oxygen atoms in total. The third-order valence-electron chi connectivity index (χ3n) is 3.01. The molecule has 0 unspecified atom stereocenters. The number of amides is 2. The van der Waals surface area contributed by atoms with Crippen LogP contribution in [0.3, 0.4) is 0 Å². The number of hydrogen-bond acceptors (Lipinski definition) is 6. The van der Waals surface area contributed by atoms with Gasteiger partial charge in [-0.15, -0.1) is 0 Å². The minimum Gasteiger partial charge on any atom is -0.480 e. The Labute approximate surface area is 140 Å². The van der Waals surface area contributed by atoms with Crippen molar-refractivity contribution in [1.82, 2.24) is 10.6 Å². The summed E-state index contributed by atoms with van der Waals surface area (Å²) in [4.78, 5) is 35.2. The number of carboxylic acids is 1. The molecule has 2 amide bonds. The highest BCUT2D eigenvalue weighted by Crippen LogP contribution is 2.06. The van der Waals surface area contributed by atoms with E-state index in [0.29, 0.717) is 12.2 Å². The molecule has 0 bridgehead atoms. The molecule has 22 heavy (non-hydrogen) atoms. The fraction of sp³-hybridized carbons (Fsp3) is 0.769. The largest absolute Gasteiger partial charge is 0.480 e. The van der Waals surface area contributed by atoms with Crippen LogP contribution >= 0.6 is 24.4 Å². The lowest BCUT2D eigenvalue weighted by molar-refractivity contribution is -0.143. The zero-order valence-corrected chi connectivity index (χ0v) is 14.7. The van der Waals surface area contributed by atoms with Gasteiger partial charge in [0.15, 0.2) is 0 Å². The summed E-state index contributed by atoms with van der Waals surface area (Å²) in [5, 5.41) is 14.1. The molecule has 0 heterocycles. The van der Waals surface area contributed by atoms with Crippen molar-refractivity contribution in [2.24, 2.45) is 11.7 Å². The Balaban J connectivity index is 4.89. The standard InChI is InChI=1S/C13H25N3O4S2/c1-7(2)10(13(19)20)16-12(18)9(4-5-22-3)15-11(17)8(14)6-21/h7-10,21H,4-6,14H2,1-3H3,(H,15,17)(H,16,18)(H,19,20)/t8-,9-,10-/m0/s1. The summed E-state index contributed by atoms with van der Waals surface area (Å²) in [5.41, 5.74) is 5.57. The lowest BCUT2D eigenvalue weighted by Gasteiger charge is -2.24. The Kier molecular flexibility index (Phi) is 10.3. The summed E-state index contributed by atoms with van der Waals surface area (Å²) in [6.45, 7) is 3.40. The first-order valence-electron chi connectivity index (χ1n) is 6.93. The van der Waals surface area contributed by atoms with Crippen LogP contribution in [0.15, 0.2) is 0 Å². The molecule has 5 N–H and O–H groups in total. The summed E-state index contributed by atoms with van der Waals surface area (Å²) >= 11 is 5.47. The molecule has 0 spiro atoms. The number of thioether (sulfide) groups is 1. The molecule has 3 atom stereocenters. The molecule has 0 aliphatic heterocycles. The van der Waals surface area contributed by atoms with Crippen molar-refractivity contribution in [1.29, 1.82) is 0 Å². The molecule has 0 aliphatic carbocycles. The summed E-state index contributed by atoms with van der Waals surface area (Å²) in [6, 6.07) is -2.63. The first-order chi connectivity index (χ1) is 10.2. The van der Waals surface area contributed by atoms with Crippen LogP contribution in [-0.2, 0) is 14.4 Å². The molecule has 0 aliphatic rings. The van der Waals surface area contributed by atoms with E-state index in [1.165, 1.54) is 11.8 Å². The number of carbonyl (C=O) groups excluding carboxylic acids is 2. The first-order valence-corrected chi connectivity index (χ1v) is 8.96. The Morgan fingerprint density at radius 3 is 2.23 bits per heavy atom. The third kappa shape index (κ3) is 7.37. The zero-order chi connectivity index (χ0) is 17.3. The number of carboxylic acid groups (broad SMARTS) is 1. The van der Waals surface area contributed by atoms with Gasteiger partial charge in [0.25, 0.3) is 0 Å². The van der Waals surface area contributed by atoms with Crippen LogP contribution in [0.25, 0.3) is 0 Å². The molecular formula is C13H25N3O4S2. The fourth-order valence-corrected chi connectivity index (χ4v) is 2.27. The van der Waals surface area contributed by atoms with E-state index in [2.05, 4.69) is 23.3 Å². The Hall–Kier alpha value is -0.930. The molecule has 0 fully saturated rings. The molecule has 0 aromatic heterocycles. The van der Waals surface area contributed by atoms with Gasteiger partial charge in [-0.25, -0.2) is 4.79 Å². The number of nitrogens with one attached hydrogen (secondary N) is 2. The third-order valence-corrected chi connectivity index (χ3v) is 4.04. The van der Waals surface area contributed by atoms with E-state index in [-0.39, 0.29) is 11.7 Å². The minimum absolute atomic E-state index is 0.159. The first kappa shape index (κ1) is 21.1. The van der Waals surface area contributed by atoms with Crippen molar-refractivity contribution < 1.29 is 19.5 Å². The van der Waals surface area contributed by atoms with Crippen molar-refractivity contribution in [3.05, 3.63) is 0 Å². The van der Waals surface area contributed by atoms with E-state index in [0.717, 1.165) is 0 Å². The van der Waals surface area contributed by atoms with Gasteiger partial charge in [0.05, 0.1) is 6.04 Å². The van der Waals surface area contributed by atoms with Gasteiger partial charge >= 0.3 is 5.97 Å². The van der Waals surface area contributed by atoms with E-state index in [1.54, 1.807) is 13.8 Å². The number of hydrogen-bond donors (Lipinski definition) is 5. The Morgan fingerprint density at radius 1 is 1.23 bits per heavy atom. The van der Waals surface area contributed by atoms with Crippen LogP contribution in [0.2, 0.25) is 0 Å². The average Bonchev–Trinajstić information content (AvgIpc) is 2.46. The van der Waals surface area contributed by atoms with Crippen molar-refractivity contribution in [3.63, 3.8) is 0 Å². The molecular weight excluding hydrogens is 326 g/mol. The maximum atomic E-state index is 12.3. The number of aliphatic carboxylic acids is 1. The van der Waals surface area contributed by atoms with E-state index in [4.69, 9.17) is 10.8 Å². The van der Waals surface area contributed by atoms with Gasteiger partial charge in [-0.05, 0) is 24.3 Å². The maximum Gasteiger partial charge on any atom is 0.326 e. The molecule has 0 aromatic carbocycles. The summed E-state index contributed by atoms with van der Waals surface area (Å²) < 4.78 is 0. The second-order valence-electron chi connectivity index (χ2n) is 5.20. The molecule has 0 rings (SSSR count). The minimum atomic E-state index is -1.11. The maximum absolute atomic E-state index is 12.3. The highest BCUT2D eigenvalue weighted by atomic mass is 32.2. The van der Waals surface area contributed by atoms with Crippen LogP contribution in [0.5, 0.6) is 0 Å². The highest BCUT2D eigenvalue weighted by Gasteiger charge is 2.28. The van der Waals surface area contributed by atoms with E-state index >= 15 is 0 Å². The van der Waals surface area contributed by atoms with Crippen LogP contribution in [-0.4, -0.2) is 58.8 Å². The Bertz CT molecular complexity index is 393. The predicted molar refractivity (Wildman–Crippen MR) is 91.2 cm³/mol. The van der Waals surface area contributed by atoms with Crippen LogP contribution in [0.1, 0.15) is 20.3 Å². The Morgan fingerprint density at radius 2 is 1.82 bits per heavy atom. The SMILES string of the molecule is CSCC[C@H](NC(=O)[C@@H](N)CS)C(=O)N[C@H](C(=O)O)C(C)C. The summed E-state index contributed by atoms with van der Waals surface area (Å²) in [5.74, 6) is -1.56. The van der Waals surface area contributed by atoms with Crippen molar-refractivity contribution >= 4 is 42.2 Å². The van der Waals surface area contributed by atoms with Crippen LogP contribution < -0.4 is 16.4 Å². The average molecular weight is 351 g/mol. The van der Waals surface area contributed by atoms with Gasteiger partial charge in [-0.1, -0.05) is 13.8 Å². The monoisotopic (exact) mass is 351 g/mol. The summed E-state index contributed by atoms with van der Waals surface area (Å²) in [6.07, 6.45) is 2.27. The van der Waals surface area contributed by atoms with Gasteiger partial charge in [-0.2, -0.15) is 24.4 Å². The second kappa shape index (κ2) is 10.7. The molecule has 0 aromatic rings. The van der Waals surface area contributed by atoms with Crippen molar-refractivity contribution in [2.75, 3.05) is 17.8 Å². The van der Waals surface area contributed by atoms with E-state index in [9.17, 15) is 14.4 Å². The van der Waals surface area contributed by atoms with Crippen LogP contribution in [0, 0.1) is 5.92 Å². The zero-order valence-electron chi connectivity index (χ0n) is 13.0. The fourth-order valence-electron chi connectivity index (χ4n) is 1.63. The topological polar surface area (TPSA) is 122 Å². The quantitative estimate of drug-likeness (QED) is 0.345. The summed E-state index contributed by atoms with van der Waals surface area (Å²) in [7, 11) is 0. The van der Waals surface area contributed by atoms with E-state index in [1.807, 2.05) is 6.26 Å². The van der Waals surface area contributed by atoms with Gasteiger partial charge < -0.3 is 21.5 Å². The van der Waals surface area contributed by atoms with Gasteiger partial charge in [-0.3, -0.25) is 9.59 Å². The normalized spacial score (nSPS) is 15.0. The number of nitrogens with two attached hydrogens (primary N) is 1. The van der Waals surface area contributed by atoms with Crippen LogP contribution in [0.4, 0.5) is 0 Å². The highest BCUT2D eigenvalue weighted by molar-refractivity contribution is 7.98. The molecule has 0 saturated carbocycles. The second-order valence-corrected chi connectivity index (χ2v) is 6.55.